The van der Waals surface area contributed by atoms with Gasteiger partial charge in [-0.15, -0.1) is 6.42 Å². The molecule has 226 valence electrons. The molecule has 44 heavy (non-hydrogen) atoms. The summed E-state index contributed by atoms with van der Waals surface area (Å²) < 4.78 is 52.3. The molecule has 2 unspecified atom stereocenters. The third-order valence-electron chi connectivity index (χ3n) is 9.95. The van der Waals surface area contributed by atoms with Crippen LogP contribution in [-0.4, -0.2) is 81.5 Å². The molecule has 0 amide bonds. The van der Waals surface area contributed by atoms with Crippen molar-refractivity contribution in [3.05, 3.63) is 47.7 Å². The van der Waals surface area contributed by atoms with E-state index >= 15 is 4.39 Å². The zero-order valence-corrected chi connectivity index (χ0v) is 24.0. The van der Waals surface area contributed by atoms with E-state index in [4.69, 9.17) is 16.1 Å². The number of benzene rings is 2. The number of fused-ring (bicyclic) bond motifs is 5. The number of phenolic OH excluding ortho intramolecular Hbond substituents is 1. The molecule has 2 aromatic heterocycles. The number of rotatable bonds is 5. The molecule has 2 N–H and O–H groups in total. The van der Waals surface area contributed by atoms with E-state index in [1.54, 1.807) is 0 Å². The van der Waals surface area contributed by atoms with Crippen LogP contribution < -0.4 is 15.0 Å². The van der Waals surface area contributed by atoms with E-state index in [1.165, 1.54) is 30.5 Å². The third-order valence-corrected chi connectivity index (χ3v) is 9.95. The number of aromatic nitrogens is 3. The van der Waals surface area contributed by atoms with Crippen molar-refractivity contribution in [3.8, 4) is 35.4 Å². The van der Waals surface area contributed by atoms with Gasteiger partial charge in [0.2, 0.25) is 0 Å². The lowest BCUT2D eigenvalue weighted by molar-refractivity contribution is 0.107. The standard InChI is InChI=1S/C33H31F3N6O2/c1-2-23-26(35)7-4-18-10-22(43)11-24(27(18)23)29-28(36)30-25(15-38-29)31(42-20-5-6-21(42)14-37-13-20)40-32(39-30)44-17-33-8-3-9-41(33)16-19(34)12-33/h1,4,7,10-11,15,19-21,37,43H,3,5-6,8-9,12-14,16-17H2/t19-,20?,21?,33+/m1/s1. The van der Waals surface area contributed by atoms with E-state index in [-0.39, 0.29) is 58.2 Å². The van der Waals surface area contributed by atoms with Gasteiger partial charge in [0.15, 0.2) is 5.82 Å². The number of alkyl halides is 1. The first kappa shape index (κ1) is 27.4. The maximum absolute atomic E-state index is 16.8. The highest BCUT2D eigenvalue weighted by molar-refractivity contribution is 6.03. The Hall–Kier alpha value is -4.14. The van der Waals surface area contributed by atoms with Gasteiger partial charge in [-0.2, -0.15) is 9.97 Å². The molecule has 2 aromatic carbocycles. The van der Waals surface area contributed by atoms with Crippen molar-refractivity contribution in [1.29, 1.82) is 0 Å². The average molecular weight is 601 g/mol. The number of nitrogens with one attached hydrogen (secondary N) is 1. The Bertz CT molecular complexity index is 1850. The van der Waals surface area contributed by atoms with Crippen LogP contribution in [-0.2, 0) is 0 Å². The van der Waals surface area contributed by atoms with Crippen LogP contribution in [0.15, 0.2) is 30.5 Å². The summed E-state index contributed by atoms with van der Waals surface area (Å²) in [7, 11) is 0. The number of terminal acetylenes is 1. The number of nitrogens with zero attached hydrogens (tertiary/aromatic N) is 5. The fourth-order valence-electron chi connectivity index (χ4n) is 8.00. The molecular formula is C33H31F3N6O2. The van der Waals surface area contributed by atoms with Crippen LogP contribution in [0.5, 0.6) is 11.8 Å². The molecule has 0 aliphatic carbocycles. The molecule has 0 saturated carbocycles. The average Bonchev–Trinajstić information content (AvgIpc) is 3.62. The molecular weight excluding hydrogens is 569 g/mol. The Morgan fingerprint density at radius 1 is 1.16 bits per heavy atom. The van der Waals surface area contributed by atoms with Crippen LogP contribution in [0.2, 0.25) is 0 Å². The lowest BCUT2D eigenvalue weighted by atomic mass is 9.95. The van der Waals surface area contributed by atoms with Gasteiger partial charge in [-0.05, 0) is 55.8 Å². The van der Waals surface area contributed by atoms with Gasteiger partial charge in [0.25, 0.3) is 0 Å². The highest BCUT2D eigenvalue weighted by Crippen LogP contribution is 2.43. The Morgan fingerprint density at radius 2 is 1.98 bits per heavy atom. The molecule has 2 bridgehead atoms. The van der Waals surface area contributed by atoms with Crippen LogP contribution in [0, 0.1) is 24.0 Å². The summed E-state index contributed by atoms with van der Waals surface area (Å²) in [6, 6.07) is 5.83. The fourth-order valence-corrected chi connectivity index (χ4v) is 8.00. The van der Waals surface area contributed by atoms with Gasteiger partial charge >= 0.3 is 6.01 Å². The van der Waals surface area contributed by atoms with Gasteiger partial charge in [-0.1, -0.05) is 12.0 Å². The predicted octanol–water partition coefficient (Wildman–Crippen LogP) is 4.71. The smallest absolute Gasteiger partial charge is 0.319 e. The van der Waals surface area contributed by atoms with E-state index in [0.29, 0.717) is 29.6 Å². The highest BCUT2D eigenvalue weighted by atomic mass is 19.1. The minimum Gasteiger partial charge on any atom is -0.508 e. The van der Waals surface area contributed by atoms with Crippen LogP contribution in [0.1, 0.15) is 37.7 Å². The summed E-state index contributed by atoms with van der Waals surface area (Å²) in [4.78, 5) is 18.3. The molecule has 4 saturated heterocycles. The molecule has 4 aliphatic rings. The van der Waals surface area contributed by atoms with Crippen LogP contribution in [0.4, 0.5) is 19.0 Å². The maximum Gasteiger partial charge on any atom is 0.319 e. The molecule has 8 rings (SSSR count). The monoisotopic (exact) mass is 600 g/mol. The summed E-state index contributed by atoms with van der Waals surface area (Å²) in [5.74, 6) is 1.38. The number of aromatic hydroxyl groups is 1. The van der Waals surface area contributed by atoms with Crippen molar-refractivity contribution in [1.82, 2.24) is 25.2 Å². The second-order valence-electron chi connectivity index (χ2n) is 12.5. The summed E-state index contributed by atoms with van der Waals surface area (Å²) >= 11 is 0. The molecule has 0 spiro atoms. The van der Waals surface area contributed by atoms with Crippen LogP contribution in [0.3, 0.4) is 0 Å². The van der Waals surface area contributed by atoms with Gasteiger partial charge in [0, 0.05) is 55.3 Å². The second kappa shape index (κ2) is 10.2. The van der Waals surface area contributed by atoms with Crippen LogP contribution in [0.25, 0.3) is 32.9 Å². The van der Waals surface area contributed by atoms with E-state index in [0.717, 1.165) is 45.3 Å². The number of halogens is 3. The number of hydrogen-bond acceptors (Lipinski definition) is 8. The predicted molar refractivity (Wildman–Crippen MR) is 160 cm³/mol. The number of hydrogen-bond donors (Lipinski definition) is 2. The molecule has 0 radical (unpaired) electrons. The lowest BCUT2D eigenvalue weighted by Gasteiger charge is -2.37. The van der Waals surface area contributed by atoms with Crippen molar-refractivity contribution in [2.75, 3.05) is 37.7 Å². The maximum atomic E-state index is 16.8. The van der Waals surface area contributed by atoms with E-state index in [2.05, 4.69) is 31.0 Å². The molecule has 11 heteroatoms. The number of phenols is 1. The quantitative estimate of drug-likeness (QED) is 0.319. The Balaban J connectivity index is 1.29. The van der Waals surface area contributed by atoms with Gasteiger partial charge < -0.3 is 20.1 Å². The van der Waals surface area contributed by atoms with Gasteiger partial charge in [0.05, 0.1) is 16.5 Å². The normalized spacial score (nSPS) is 26.4. The molecule has 4 aliphatic heterocycles. The van der Waals surface area contributed by atoms with E-state index < -0.39 is 23.3 Å². The summed E-state index contributed by atoms with van der Waals surface area (Å²) in [5, 5.41) is 15.1. The van der Waals surface area contributed by atoms with Crippen LogP contribution >= 0.6 is 0 Å². The minimum absolute atomic E-state index is 0.00125. The Kier molecular flexibility index (Phi) is 6.36. The lowest BCUT2D eigenvalue weighted by Crippen LogP contribution is -2.52. The summed E-state index contributed by atoms with van der Waals surface area (Å²) in [6.07, 6.45) is 10.4. The van der Waals surface area contributed by atoms with Crippen molar-refractivity contribution < 1.29 is 23.0 Å². The number of pyridine rings is 1. The fraction of sp³-hybridized carbons (Fsp3) is 0.424. The first-order valence-electron chi connectivity index (χ1n) is 15.1. The number of piperazine rings is 1. The minimum atomic E-state index is -0.913. The largest absolute Gasteiger partial charge is 0.508 e. The Labute approximate surface area is 252 Å². The van der Waals surface area contributed by atoms with Crippen molar-refractivity contribution in [3.63, 3.8) is 0 Å². The molecule has 6 heterocycles. The van der Waals surface area contributed by atoms with Gasteiger partial charge in [-0.3, -0.25) is 9.88 Å². The molecule has 4 atom stereocenters. The van der Waals surface area contributed by atoms with Gasteiger partial charge in [-0.25, -0.2) is 13.2 Å². The number of ether oxygens (including phenoxy) is 1. The van der Waals surface area contributed by atoms with E-state index in [9.17, 15) is 13.9 Å². The highest BCUT2D eigenvalue weighted by Gasteiger charge is 2.49. The topological polar surface area (TPSA) is 86.6 Å². The second-order valence-corrected chi connectivity index (χ2v) is 12.5. The summed E-state index contributed by atoms with van der Waals surface area (Å²) in [5.41, 5.74) is -0.456. The van der Waals surface area contributed by atoms with Gasteiger partial charge in [0.1, 0.15) is 41.4 Å². The van der Waals surface area contributed by atoms with Crippen molar-refractivity contribution >= 4 is 27.5 Å². The molecule has 8 nitrogen and oxygen atoms in total. The zero-order valence-electron chi connectivity index (χ0n) is 24.0. The van der Waals surface area contributed by atoms with Crippen molar-refractivity contribution in [2.24, 2.45) is 0 Å². The Morgan fingerprint density at radius 3 is 2.77 bits per heavy atom. The SMILES string of the molecule is C#Cc1c(F)ccc2cc(O)cc(-c3ncc4c(N5C6CCC5CNC6)nc(OC[C@@]56CCCN5C[C@H](F)C6)nc4c3F)c12. The third kappa shape index (κ3) is 4.19. The summed E-state index contributed by atoms with van der Waals surface area (Å²) in [6.45, 7) is 2.96. The zero-order chi connectivity index (χ0) is 30.2. The molecule has 4 aromatic rings. The number of anilines is 1. The van der Waals surface area contributed by atoms with Crippen molar-refractivity contribution in [2.45, 2.75) is 55.9 Å². The first-order chi connectivity index (χ1) is 21.3. The first-order valence-corrected chi connectivity index (χ1v) is 15.1. The molecule has 4 fully saturated rings. The van der Waals surface area contributed by atoms with E-state index in [1.807, 2.05) is 0 Å².